The maximum atomic E-state index is 13.9. The Bertz CT molecular complexity index is 1780. The highest BCUT2D eigenvalue weighted by molar-refractivity contribution is 7.46. The molecule has 63 heavy (non-hydrogen) atoms. The van der Waals surface area contributed by atoms with Crippen LogP contribution >= 0.6 is 7.82 Å². The van der Waals surface area contributed by atoms with E-state index in [1.807, 2.05) is 32.0 Å². The molecule has 6 amide bonds. The minimum Gasteiger partial charge on any atom is -0.394 e. The van der Waals surface area contributed by atoms with Gasteiger partial charge < -0.3 is 61.6 Å². The third kappa shape index (κ3) is 21.9. The van der Waals surface area contributed by atoms with Crippen LogP contribution in [0.2, 0.25) is 0 Å². The van der Waals surface area contributed by atoms with E-state index in [1.54, 1.807) is 13.8 Å². The smallest absolute Gasteiger partial charge is 0.394 e. The fourth-order valence-corrected chi connectivity index (χ4v) is 6.90. The van der Waals surface area contributed by atoms with E-state index in [9.17, 15) is 43.5 Å². The summed E-state index contributed by atoms with van der Waals surface area (Å²) in [5.74, 6) is -5.26. The molecular formula is C41H67N8O13P. The van der Waals surface area contributed by atoms with E-state index in [0.29, 0.717) is 12.1 Å². The molecule has 0 unspecified atom stereocenters. The van der Waals surface area contributed by atoms with Crippen LogP contribution in [-0.2, 0) is 55.4 Å². The molecule has 1 aromatic carbocycles. The molecule has 0 aliphatic carbocycles. The van der Waals surface area contributed by atoms with Gasteiger partial charge in [-0.2, -0.15) is 0 Å². The number of hydrogen-bond acceptors (Lipinski definition) is 12. The van der Waals surface area contributed by atoms with Crippen molar-refractivity contribution >= 4 is 43.3 Å². The van der Waals surface area contributed by atoms with Crippen molar-refractivity contribution in [2.75, 3.05) is 32.9 Å². The summed E-state index contributed by atoms with van der Waals surface area (Å²) in [6, 6.07) is 4.04. The van der Waals surface area contributed by atoms with Gasteiger partial charge in [0.2, 0.25) is 35.4 Å². The first kappa shape index (κ1) is 54.4. The summed E-state index contributed by atoms with van der Waals surface area (Å²) in [5.41, 5.74) is 6.10. The first-order valence-electron chi connectivity index (χ1n) is 21.0. The van der Waals surface area contributed by atoms with Crippen LogP contribution in [-0.4, -0.2) is 139 Å². The summed E-state index contributed by atoms with van der Waals surface area (Å²) in [6.45, 7) is 6.72. The van der Waals surface area contributed by atoms with Crippen LogP contribution < -0.4 is 27.0 Å². The van der Waals surface area contributed by atoms with Crippen LogP contribution in [0.4, 0.5) is 0 Å². The van der Waals surface area contributed by atoms with Crippen LogP contribution in [0.15, 0.2) is 42.9 Å². The summed E-state index contributed by atoms with van der Waals surface area (Å²) >= 11 is 0. The molecule has 0 saturated heterocycles. The number of H-pyrrole nitrogens is 1. The maximum Gasteiger partial charge on any atom is 0.469 e. The van der Waals surface area contributed by atoms with Crippen molar-refractivity contribution in [2.45, 2.75) is 128 Å². The number of aromatic nitrogens is 2. The molecule has 0 spiro atoms. The van der Waals surface area contributed by atoms with Gasteiger partial charge in [-0.1, -0.05) is 63.4 Å². The molecular weight excluding hydrogens is 843 g/mol. The number of aromatic amines is 1. The van der Waals surface area contributed by atoms with Crippen molar-refractivity contribution in [1.82, 2.24) is 36.1 Å². The number of carbonyl (C=O) groups is 6. The lowest BCUT2D eigenvalue weighted by atomic mass is 10.0. The number of aliphatic hydroxyl groups is 2. The van der Waals surface area contributed by atoms with Crippen LogP contribution in [0.3, 0.4) is 0 Å². The average molecular weight is 911 g/mol. The Hall–Kier alpha value is -4.76. The summed E-state index contributed by atoms with van der Waals surface area (Å²) in [7, 11) is -5.11. The maximum absolute atomic E-state index is 13.9. The monoisotopic (exact) mass is 910 g/mol. The highest BCUT2D eigenvalue weighted by Gasteiger charge is 2.35. The van der Waals surface area contributed by atoms with Crippen LogP contribution in [0.5, 0.6) is 0 Å². The molecule has 0 saturated carbocycles. The molecule has 0 radical (unpaired) electrons. The topological polar surface area (TPSA) is 325 Å². The molecule has 0 aliphatic rings. The zero-order chi connectivity index (χ0) is 47.2. The third-order valence-electron chi connectivity index (χ3n) is 9.78. The number of aryl methyl sites for hydroxylation is 1. The molecule has 2 rings (SSSR count). The molecule has 1 heterocycles. The Morgan fingerprint density at radius 2 is 1.49 bits per heavy atom. The van der Waals surface area contributed by atoms with E-state index in [-0.39, 0.29) is 57.4 Å². The zero-order valence-corrected chi connectivity index (χ0v) is 37.7. The Labute approximate surface area is 368 Å². The highest BCUT2D eigenvalue weighted by atomic mass is 31.2. The van der Waals surface area contributed by atoms with Gasteiger partial charge in [-0.25, -0.2) is 9.55 Å². The van der Waals surface area contributed by atoms with Crippen molar-refractivity contribution in [2.24, 2.45) is 11.7 Å². The zero-order valence-electron chi connectivity index (χ0n) is 36.8. The number of imidazole rings is 1. The second-order valence-electron chi connectivity index (χ2n) is 16.4. The SMILES string of the molecule is CC(C)C[C@H](NC(=O)CN(CCCCCCCc1ccccc1)C(=O)CCOC(C)(C)CO)C(=O)N[C@@H](Cc1cnc[nH]1)C(=O)N[C@@H](CO)C(=O)N[C@H](C(N)=O)[C@@H](C)OP(=O)(O)O. The molecule has 0 aliphatic heterocycles. The van der Waals surface area contributed by atoms with Crippen LogP contribution in [0.1, 0.15) is 90.8 Å². The van der Waals surface area contributed by atoms with Crippen molar-refractivity contribution < 1.29 is 62.6 Å². The van der Waals surface area contributed by atoms with Crippen molar-refractivity contribution in [3.63, 3.8) is 0 Å². The quantitative estimate of drug-likeness (QED) is 0.0355. The first-order valence-corrected chi connectivity index (χ1v) is 22.6. The standard InChI is InChI=1S/C41H67N8O13P/c1-27(2)20-31(45-34(52)23-49(35(53)17-19-61-41(4,5)25-51)18-13-8-6-7-10-14-29-15-11-9-12-16-29)38(55)46-32(21-30-22-43-26-44-30)39(56)47-33(24-50)40(57)48-36(37(42)54)28(3)62-63(58,59)60/h9,11-12,15-16,22,26-28,31-33,36,50-51H,6-8,10,13-14,17-21,23-25H2,1-5H3,(H2,42,54)(H,43,44)(H,45,52)(H,46,55)(H,47,56)(H,48,57)(H2,58,59,60)/t28-,31+,32+,33+,36+/m1/s1. The molecule has 354 valence electrons. The fraction of sp³-hybridized carbons (Fsp3) is 0.634. The Morgan fingerprint density at radius 3 is 2.08 bits per heavy atom. The van der Waals surface area contributed by atoms with E-state index in [1.165, 1.54) is 23.0 Å². The predicted octanol–water partition coefficient (Wildman–Crippen LogP) is 0.112. The highest BCUT2D eigenvalue weighted by Crippen LogP contribution is 2.38. The number of nitrogens with zero attached hydrogens (tertiary/aromatic N) is 2. The van der Waals surface area contributed by atoms with Gasteiger partial charge >= 0.3 is 7.82 Å². The molecule has 0 fully saturated rings. The van der Waals surface area contributed by atoms with Gasteiger partial charge in [0.05, 0.1) is 50.8 Å². The molecule has 11 N–H and O–H groups in total. The second-order valence-corrected chi connectivity index (χ2v) is 17.6. The van der Waals surface area contributed by atoms with E-state index in [0.717, 1.165) is 39.0 Å². The molecule has 2 aromatic rings. The lowest BCUT2D eigenvalue weighted by Crippen LogP contribution is -2.60. The van der Waals surface area contributed by atoms with Crippen molar-refractivity contribution in [3.8, 4) is 0 Å². The average Bonchev–Trinajstić information content (AvgIpc) is 3.73. The predicted molar refractivity (Wildman–Crippen MR) is 230 cm³/mol. The minimum atomic E-state index is -5.11. The van der Waals surface area contributed by atoms with Gasteiger partial charge in [-0.3, -0.25) is 33.3 Å². The Kier molecular flexibility index (Phi) is 23.7. The third-order valence-corrected chi connectivity index (χ3v) is 10.4. The van der Waals surface area contributed by atoms with E-state index < -0.39 is 79.8 Å². The van der Waals surface area contributed by atoms with E-state index in [2.05, 4.69) is 47.9 Å². The second kappa shape index (κ2) is 27.4. The van der Waals surface area contributed by atoms with Gasteiger partial charge in [0.15, 0.2) is 0 Å². The van der Waals surface area contributed by atoms with E-state index >= 15 is 0 Å². The summed E-state index contributed by atoms with van der Waals surface area (Å²) in [5, 5.41) is 29.3. The number of nitrogens with one attached hydrogen (secondary N) is 5. The number of ether oxygens (including phenoxy) is 1. The number of carbonyl (C=O) groups excluding carboxylic acids is 6. The van der Waals surface area contributed by atoms with Gasteiger partial charge in [0.1, 0.15) is 24.2 Å². The Balaban J connectivity index is 2.19. The first-order chi connectivity index (χ1) is 29.6. The lowest BCUT2D eigenvalue weighted by molar-refractivity contribution is -0.139. The molecule has 0 bridgehead atoms. The van der Waals surface area contributed by atoms with E-state index in [4.69, 9.17) is 20.3 Å². The van der Waals surface area contributed by atoms with Gasteiger partial charge in [-0.05, 0) is 57.9 Å². The summed E-state index contributed by atoms with van der Waals surface area (Å²) in [4.78, 5) is 106. The van der Waals surface area contributed by atoms with Crippen molar-refractivity contribution in [1.29, 1.82) is 0 Å². The number of nitrogens with two attached hydrogens (primary N) is 1. The Morgan fingerprint density at radius 1 is 0.873 bits per heavy atom. The number of rotatable bonds is 31. The minimum absolute atomic E-state index is 0.0107. The van der Waals surface area contributed by atoms with Gasteiger partial charge in [0.25, 0.3) is 0 Å². The largest absolute Gasteiger partial charge is 0.469 e. The van der Waals surface area contributed by atoms with Crippen LogP contribution in [0, 0.1) is 5.92 Å². The number of aliphatic hydroxyl groups excluding tert-OH is 2. The lowest BCUT2D eigenvalue weighted by Gasteiger charge is -2.28. The molecule has 21 nitrogen and oxygen atoms in total. The normalized spacial score (nSPS) is 14.2. The number of primary amides is 1. The summed E-state index contributed by atoms with van der Waals surface area (Å²) in [6.07, 6.45) is 6.36. The molecule has 5 atom stereocenters. The molecule has 22 heteroatoms. The fourth-order valence-electron chi connectivity index (χ4n) is 6.35. The number of unbranched alkanes of at least 4 members (excludes halogenated alkanes) is 4. The van der Waals surface area contributed by atoms with Gasteiger partial charge in [0, 0.05) is 24.9 Å². The summed E-state index contributed by atoms with van der Waals surface area (Å²) < 4.78 is 21.5. The number of hydrogen-bond donors (Lipinski definition) is 10. The van der Waals surface area contributed by atoms with Gasteiger partial charge in [-0.15, -0.1) is 0 Å². The molecule has 1 aromatic heterocycles. The number of phosphoric acid groups is 1. The van der Waals surface area contributed by atoms with Crippen molar-refractivity contribution in [3.05, 3.63) is 54.1 Å². The number of benzene rings is 1. The number of amides is 6. The van der Waals surface area contributed by atoms with Crippen LogP contribution in [0.25, 0.3) is 0 Å². The number of phosphoric ester groups is 1.